The van der Waals surface area contributed by atoms with Crippen molar-refractivity contribution in [1.82, 2.24) is 10.2 Å². The molecule has 0 saturated carbocycles. The number of ether oxygens (including phenoxy) is 4. The number of methoxy groups -OCH3 is 4. The van der Waals surface area contributed by atoms with Crippen LogP contribution < -0.4 is 28.6 Å². The Morgan fingerprint density at radius 3 is 2.04 bits per heavy atom. The van der Waals surface area contributed by atoms with E-state index in [1.54, 1.807) is 12.1 Å². The molecule has 1 unspecified atom stereocenters. The van der Waals surface area contributed by atoms with E-state index >= 15 is 0 Å². The summed E-state index contributed by atoms with van der Waals surface area (Å²) in [5.41, 5.74) is 1.92. The van der Waals surface area contributed by atoms with E-state index in [0.717, 1.165) is 21.9 Å². The van der Waals surface area contributed by atoms with Gasteiger partial charge >= 0.3 is 0 Å². The topological polar surface area (TPSA) is 124 Å². The lowest BCUT2D eigenvalue weighted by atomic mass is 10.1. The summed E-state index contributed by atoms with van der Waals surface area (Å²) in [7, 11) is 1.28. The summed E-state index contributed by atoms with van der Waals surface area (Å²) in [4.78, 5) is 29.0. The normalized spacial score (nSPS) is 11.7. The van der Waals surface area contributed by atoms with Gasteiger partial charge in [0.15, 0.2) is 11.5 Å². The molecular weight excluding hydrogens is 598 g/mol. The van der Waals surface area contributed by atoms with Crippen molar-refractivity contribution in [3.05, 3.63) is 71.8 Å². The molecule has 0 aliphatic heterocycles. The zero-order valence-corrected chi connectivity index (χ0v) is 27.8. The van der Waals surface area contributed by atoms with Gasteiger partial charge in [0, 0.05) is 25.2 Å². The van der Waals surface area contributed by atoms with E-state index in [9.17, 15) is 18.0 Å². The standard InChI is InChI=1S/C33H43N3O8S/c1-8-18-34-33(38)27(9-2)35(21-24-12-10-23(3)11-13-24)32(37)22-36(28-19-25(41-4)14-16-29(28)42-5)45(39,40)26-15-17-30(43-6)31(20-26)44-7/h10-17,19-20,27H,8-9,18,21-22H2,1-7H3,(H,34,38). The molecule has 244 valence electrons. The second kappa shape index (κ2) is 16.0. The van der Waals surface area contributed by atoms with Gasteiger partial charge in [0.1, 0.15) is 24.1 Å². The minimum Gasteiger partial charge on any atom is -0.497 e. The quantitative estimate of drug-likeness (QED) is 0.242. The molecule has 3 aromatic carbocycles. The van der Waals surface area contributed by atoms with Gasteiger partial charge in [-0.3, -0.25) is 13.9 Å². The van der Waals surface area contributed by atoms with Gasteiger partial charge in [-0.1, -0.05) is 43.7 Å². The van der Waals surface area contributed by atoms with Crippen LogP contribution >= 0.6 is 0 Å². The molecule has 1 N–H and O–H groups in total. The lowest BCUT2D eigenvalue weighted by Crippen LogP contribution is -2.52. The number of nitrogens with one attached hydrogen (secondary N) is 1. The van der Waals surface area contributed by atoms with Crippen LogP contribution in [0.15, 0.2) is 65.6 Å². The highest BCUT2D eigenvalue weighted by Gasteiger charge is 2.35. The molecule has 0 aromatic heterocycles. The van der Waals surface area contributed by atoms with E-state index in [0.29, 0.717) is 24.5 Å². The fourth-order valence-electron chi connectivity index (χ4n) is 4.78. The SMILES string of the molecule is CCCNC(=O)C(CC)N(Cc1ccc(C)cc1)C(=O)CN(c1cc(OC)ccc1OC)S(=O)(=O)c1ccc(OC)c(OC)c1. The number of benzene rings is 3. The first-order valence-electron chi connectivity index (χ1n) is 14.6. The molecule has 2 amide bonds. The highest BCUT2D eigenvalue weighted by Crippen LogP contribution is 2.38. The van der Waals surface area contributed by atoms with Crippen LogP contribution in [0.3, 0.4) is 0 Å². The minimum absolute atomic E-state index is 0.0822. The molecule has 0 aliphatic carbocycles. The number of sulfonamides is 1. The molecule has 3 rings (SSSR count). The molecule has 0 heterocycles. The Morgan fingerprint density at radius 2 is 1.47 bits per heavy atom. The molecule has 0 saturated heterocycles. The van der Waals surface area contributed by atoms with Gasteiger partial charge < -0.3 is 29.2 Å². The fourth-order valence-corrected chi connectivity index (χ4v) is 6.22. The third kappa shape index (κ3) is 8.39. The molecule has 3 aromatic rings. The summed E-state index contributed by atoms with van der Waals surface area (Å²) in [6.07, 6.45) is 1.04. The van der Waals surface area contributed by atoms with Crippen molar-refractivity contribution in [1.29, 1.82) is 0 Å². The van der Waals surface area contributed by atoms with E-state index in [4.69, 9.17) is 18.9 Å². The first kappa shape index (κ1) is 35.0. The first-order chi connectivity index (χ1) is 21.5. The van der Waals surface area contributed by atoms with Crippen LogP contribution in [0.2, 0.25) is 0 Å². The summed E-state index contributed by atoms with van der Waals surface area (Å²) < 4.78 is 51.4. The summed E-state index contributed by atoms with van der Waals surface area (Å²) in [5.74, 6) is 0.197. The smallest absolute Gasteiger partial charge is 0.265 e. The van der Waals surface area contributed by atoms with Crippen LogP contribution in [0.1, 0.15) is 37.8 Å². The predicted octanol–water partition coefficient (Wildman–Crippen LogP) is 4.56. The zero-order chi connectivity index (χ0) is 33.1. The van der Waals surface area contributed by atoms with E-state index < -0.39 is 28.5 Å². The number of carbonyl (C=O) groups is 2. The number of anilines is 1. The van der Waals surface area contributed by atoms with Crippen molar-refractivity contribution in [3.8, 4) is 23.0 Å². The Hall–Kier alpha value is -4.45. The van der Waals surface area contributed by atoms with Crippen LogP contribution in [0, 0.1) is 6.92 Å². The first-order valence-corrected chi connectivity index (χ1v) is 16.1. The predicted molar refractivity (Wildman–Crippen MR) is 173 cm³/mol. The Kier molecular flexibility index (Phi) is 12.5. The van der Waals surface area contributed by atoms with Gasteiger partial charge in [0.05, 0.1) is 39.0 Å². The number of rotatable bonds is 16. The Balaban J connectivity index is 2.18. The molecule has 0 bridgehead atoms. The van der Waals surface area contributed by atoms with Gasteiger partial charge in [-0.25, -0.2) is 8.42 Å². The maximum absolute atomic E-state index is 14.4. The zero-order valence-electron chi connectivity index (χ0n) is 27.0. The lowest BCUT2D eigenvalue weighted by Gasteiger charge is -2.33. The monoisotopic (exact) mass is 641 g/mol. The van der Waals surface area contributed by atoms with Gasteiger partial charge in [-0.15, -0.1) is 0 Å². The molecular formula is C33H43N3O8S. The Bertz CT molecular complexity index is 1560. The number of carbonyl (C=O) groups excluding carboxylic acids is 2. The van der Waals surface area contributed by atoms with Gasteiger partial charge in [0.2, 0.25) is 11.8 Å². The van der Waals surface area contributed by atoms with Crippen LogP contribution in [0.5, 0.6) is 23.0 Å². The molecule has 0 aliphatic rings. The summed E-state index contributed by atoms with van der Waals surface area (Å²) in [6, 6.07) is 15.6. The average Bonchev–Trinajstić information content (AvgIpc) is 3.05. The van der Waals surface area contributed by atoms with Crippen molar-refractivity contribution < 1.29 is 37.0 Å². The lowest BCUT2D eigenvalue weighted by molar-refractivity contribution is -0.140. The molecule has 0 spiro atoms. The average molecular weight is 642 g/mol. The van der Waals surface area contributed by atoms with E-state index in [1.807, 2.05) is 45.0 Å². The maximum atomic E-state index is 14.4. The van der Waals surface area contributed by atoms with E-state index in [2.05, 4.69) is 5.32 Å². The van der Waals surface area contributed by atoms with E-state index in [-0.39, 0.29) is 34.5 Å². The second-order valence-electron chi connectivity index (χ2n) is 10.3. The second-order valence-corrected chi connectivity index (χ2v) is 12.2. The Labute approximate surface area is 266 Å². The van der Waals surface area contributed by atoms with Crippen molar-refractivity contribution in [2.75, 3.05) is 45.8 Å². The Morgan fingerprint density at radius 1 is 0.822 bits per heavy atom. The van der Waals surface area contributed by atoms with Crippen molar-refractivity contribution >= 4 is 27.5 Å². The number of aryl methyl sites for hydroxylation is 1. The third-order valence-electron chi connectivity index (χ3n) is 7.29. The molecule has 1 atom stereocenters. The minimum atomic E-state index is -4.43. The summed E-state index contributed by atoms with van der Waals surface area (Å²) >= 11 is 0. The van der Waals surface area contributed by atoms with E-state index in [1.165, 1.54) is 57.6 Å². The fraction of sp³-hybridized carbons (Fsp3) is 0.394. The highest BCUT2D eigenvalue weighted by molar-refractivity contribution is 7.92. The maximum Gasteiger partial charge on any atom is 0.265 e. The highest BCUT2D eigenvalue weighted by atomic mass is 32.2. The summed E-state index contributed by atoms with van der Waals surface area (Å²) in [6.45, 7) is 5.62. The van der Waals surface area contributed by atoms with Gasteiger partial charge in [0.25, 0.3) is 10.0 Å². The van der Waals surface area contributed by atoms with Gasteiger partial charge in [-0.05, 0) is 49.6 Å². The van der Waals surface area contributed by atoms with Crippen LogP contribution in [-0.4, -0.2) is 72.7 Å². The number of hydrogen-bond donors (Lipinski definition) is 1. The number of hydrogen-bond acceptors (Lipinski definition) is 8. The largest absolute Gasteiger partial charge is 0.497 e. The van der Waals surface area contributed by atoms with Crippen LogP contribution in [-0.2, 0) is 26.2 Å². The molecule has 0 fully saturated rings. The van der Waals surface area contributed by atoms with Crippen molar-refractivity contribution in [2.24, 2.45) is 0 Å². The van der Waals surface area contributed by atoms with Crippen LogP contribution in [0.4, 0.5) is 5.69 Å². The molecule has 0 radical (unpaired) electrons. The van der Waals surface area contributed by atoms with Gasteiger partial charge in [-0.2, -0.15) is 0 Å². The molecule has 12 heteroatoms. The molecule has 45 heavy (non-hydrogen) atoms. The summed E-state index contributed by atoms with van der Waals surface area (Å²) in [5, 5.41) is 2.88. The van der Waals surface area contributed by atoms with Crippen molar-refractivity contribution in [3.63, 3.8) is 0 Å². The third-order valence-corrected chi connectivity index (χ3v) is 9.04. The number of amides is 2. The van der Waals surface area contributed by atoms with Crippen molar-refractivity contribution in [2.45, 2.75) is 51.1 Å². The number of nitrogens with zero attached hydrogens (tertiary/aromatic N) is 2. The molecule has 11 nitrogen and oxygen atoms in total. The van der Waals surface area contributed by atoms with Crippen LogP contribution in [0.25, 0.3) is 0 Å².